The van der Waals surface area contributed by atoms with Gasteiger partial charge >= 0.3 is 0 Å². The van der Waals surface area contributed by atoms with E-state index >= 15 is 0 Å². The van der Waals surface area contributed by atoms with E-state index in [1.807, 2.05) is 25.6 Å². The Bertz CT molecular complexity index is 755. The zero-order chi connectivity index (χ0) is 20.1. The second kappa shape index (κ2) is 9.27. The highest BCUT2D eigenvalue weighted by Gasteiger charge is 2.19. The maximum atomic E-state index is 12.5. The molecule has 1 fully saturated rings. The molecule has 0 unspecified atom stereocenters. The predicted octanol–water partition coefficient (Wildman–Crippen LogP) is 1.68. The summed E-state index contributed by atoms with van der Waals surface area (Å²) in [6, 6.07) is 0. The summed E-state index contributed by atoms with van der Waals surface area (Å²) in [5.41, 5.74) is 3.06. The lowest BCUT2D eigenvalue weighted by atomic mass is 9.99. The number of hydrogen-bond acceptors (Lipinski definition) is 6. The fourth-order valence-electron chi connectivity index (χ4n) is 3.63. The SMILES string of the molecule is Cc1n[nH]c(C)c1CN(C)C(=O)CCCn1nnnc1CN1CCC(C)CC1. The molecule has 2 aromatic heterocycles. The van der Waals surface area contributed by atoms with Crippen molar-refractivity contribution in [2.75, 3.05) is 20.1 Å². The first-order chi connectivity index (χ1) is 13.4. The number of nitrogens with one attached hydrogen (secondary N) is 1. The van der Waals surface area contributed by atoms with Crippen LogP contribution in [0.3, 0.4) is 0 Å². The Hall–Kier alpha value is -2.29. The number of carbonyl (C=O) groups is 1. The number of aryl methyl sites for hydroxylation is 3. The van der Waals surface area contributed by atoms with Crippen molar-refractivity contribution >= 4 is 5.91 Å². The molecule has 0 bridgehead atoms. The number of piperidine rings is 1. The van der Waals surface area contributed by atoms with E-state index in [9.17, 15) is 4.79 Å². The summed E-state index contributed by atoms with van der Waals surface area (Å²) in [6.07, 6.45) is 3.67. The summed E-state index contributed by atoms with van der Waals surface area (Å²) >= 11 is 0. The standard InChI is InChI=1S/C19H32N8O/c1-14-7-10-26(11-8-14)13-18-22-23-24-27(18)9-5-6-19(28)25(4)12-17-15(2)20-21-16(17)3/h14H,5-13H2,1-4H3,(H,20,21). The molecule has 1 saturated heterocycles. The van der Waals surface area contributed by atoms with Crippen molar-refractivity contribution in [1.82, 2.24) is 40.2 Å². The van der Waals surface area contributed by atoms with Gasteiger partial charge in [-0.2, -0.15) is 5.10 Å². The van der Waals surface area contributed by atoms with Crippen LogP contribution in [0.4, 0.5) is 0 Å². The molecule has 9 heteroatoms. The molecule has 0 saturated carbocycles. The Labute approximate surface area is 166 Å². The Morgan fingerprint density at radius 2 is 2.04 bits per heavy atom. The number of carbonyl (C=O) groups excluding carboxylic acids is 1. The third-order valence-electron chi connectivity index (χ3n) is 5.71. The molecule has 3 heterocycles. The lowest BCUT2D eigenvalue weighted by Gasteiger charge is -2.29. The third kappa shape index (κ3) is 5.15. The van der Waals surface area contributed by atoms with Gasteiger partial charge in [0.05, 0.1) is 12.2 Å². The van der Waals surface area contributed by atoms with Gasteiger partial charge in [0.25, 0.3) is 0 Å². The first-order valence-electron chi connectivity index (χ1n) is 10.2. The van der Waals surface area contributed by atoms with Gasteiger partial charge in [-0.25, -0.2) is 4.68 Å². The van der Waals surface area contributed by atoms with Crippen LogP contribution in [0.25, 0.3) is 0 Å². The minimum absolute atomic E-state index is 0.125. The van der Waals surface area contributed by atoms with Crippen LogP contribution in [0.2, 0.25) is 0 Å². The lowest BCUT2D eigenvalue weighted by Crippen LogP contribution is -2.33. The molecule has 1 N–H and O–H groups in total. The maximum absolute atomic E-state index is 12.5. The number of amides is 1. The number of aromatic nitrogens is 6. The van der Waals surface area contributed by atoms with Crippen LogP contribution < -0.4 is 0 Å². The molecule has 1 aliphatic heterocycles. The van der Waals surface area contributed by atoms with Crippen LogP contribution in [-0.4, -0.2) is 66.2 Å². The molecule has 3 rings (SSSR count). The van der Waals surface area contributed by atoms with E-state index < -0.39 is 0 Å². The molecule has 1 amide bonds. The minimum atomic E-state index is 0.125. The highest BCUT2D eigenvalue weighted by Crippen LogP contribution is 2.17. The van der Waals surface area contributed by atoms with Gasteiger partial charge in [-0.3, -0.25) is 14.8 Å². The van der Waals surface area contributed by atoms with Crippen molar-refractivity contribution in [3.8, 4) is 0 Å². The summed E-state index contributed by atoms with van der Waals surface area (Å²) in [5, 5.41) is 19.3. The molecule has 154 valence electrons. The largest absolute Gasteiger partial charge is 0.341 e. The second-order valence-corrected chi connectivity index (χ2v) is 8.04. The van der Waals surface area contributed by atoms with Crippen molar-refractivity contribution in [2.24, 2.45) is 5.92 Å². The van der Waals surface area contributed by atoms with Crippen LogP contribution in [0.15, 0.2) is 0 Å². The van der Waals surface area contributed by atoms with Crippen molar-refractivity contribution < 1.29 is 4.79 Å². The number of nitrogens with zero attached hydrogens (tertiary/aromatic N) is 7. The molecule has 0 aromatic carbocycles. The lowest BCUT2D eigenvalue weighted by molar-refractivity contribution is -0.130. The zero-order valence-corrected chi connectivity index (χ0v) is 17.5. The smallest absolute Gasteiger partial charge is 0.222 e. The van der Waals surface area contributed by atoms with E-state index in [1.54, 1.807) is 4.90 Å². The summed E-state index contributed by atoms with van der Waals surface area (Å²) in [6.45, 7) is 10.5. The normalized spacial score (nSPS) is 15.9. The Balaban J connectivity index is 1.45. The number of aromatic amines is 1. The van der Waals surface area contributed by atoms with E-state index in [1.165, 1.54) is 12.8 Å². The molecule has 2 aromatic rings. The van der Waals surface area contributed by atoms with Gasteiger partial charge in [0.1, 0.15) is 0 Å². The molecule has 0 atom stereocenters. The molecule has 0 radical (unpaired) electrons. The number of rotatable bonds is 8. The summed E-state index contributed by atoms with van der Waals surface area (Å²) < 4.78 is 1.84. The number of tetrazole rings is 1. The Kier molecular flexibility index (Phi) is 6.77. The zero-order valence-electron chi connectivity index (χ0n) is 17.5. The van der Waals surface area contributed by atoms with Gasteiger partial charge in [-0.1, -0.05) is 6.92 Å². The van der Waals surface area contributed by atoms with Gasteiger partial charge in [0, 0.05) is 37.8 Å². The number of hydrogen-bond donors (Lipinski definition) is 1. The Morgan fingerprint density at radius 1 is 1.29 bits per heavy atom. The maximum Gasteiger partial charge on any atom is 0.222 e. The van der Waals surface area contributed by atoms with Gasteiger partial charge in [-0.15, -0.1) is 5.10 Å². The van der Waals surface area contributed by atoms with E-state index in [2.05, 4.69) is 37.5 Å². The number of likely N-dealkylation sites (tertiary alicyclic amines) is 1. The van der Waals surface area contributed by atoms with Crippen LogP contribution in [0, 0.1) is 19.8 Å². The first-order valence-corrected chi connectivity index (χ1v) is 10.2. The quantitative estimate of drug-likeness (QED) is 0.739. The van der Waals surface area contributed by atoms with Crippen molar-refractivity contribution in [3.05, 3.63) is 22.8 Å². The predicted molar refractivity (Wildman–Crippen MR) is 105 cm³/mol. The van der Waals surface area contributed by atoms with Crippen LogP contribution >= 0.6 is 0 Å². The average Bonchev–Trinajstić information content (AvgIpc) is 3.24. The molecule has 9 nitrogen and oxygen atoms in total. The average molecular weight is 389 g/mol. The van der Waals surface area contributed by atoms with Crippen molar-refractivity contribution in [2.45, 2.75) is 66.1 Å². The summed E-state index contributed by atoms with van der Waals surface area (Å²) in [5.74, 6) is 1.82. The molecule has 28 heavy (non-hydrogen) atoms. The molecule has 1 aliphatic rings. The van der Waals surface area contributed by atoms with Crippen LogP contribution in [0.5, 0.6) is 0 Å². The van der Waals surface area contributed by atoms with Crippen LogP contribution in [-0.2, 0) is 24.4 Å². The fraction of sp³-hybridized carbons (Fsp3) is 0.737. The first kappa shape index (κ1) is 20.4. The summed E-state index contributed by atoms with van der Waals surface area (Å²) in [4.78, 5) is 16.7. The van der Waals surface area contributed by atoms with Crippen molar-refractivity contribution in [3.63, 3.8) is 0 Å². The highest BCUT2D eigenvalue weighted by atomic mass is 16.2. The van der Waals surface area contributed by atoms with Crippen molar-refractivity contribution in [1.29, 1.82) is 0 Å². The van der Waals surface area contributed by atoms with Crippen LogP contribution in [0.1, 0.15) is 55.4 Å². The van der Waals surface area contributed by atoms with E-state index in [4.69, 9.17) is 0 Å². The van der Waals surface area contributed by atoms with Gasteiger partial charge in [-0.05, 0) is 62.5 Å². The molecular formula is C19H32N8O. The topological polar surface area (TPSA) is 95.8 Å². The molecule has 0 aliphatic carbocycles. The van der Waals surface area contributed by atoms with E-state index in [0.29, 0.717) is 19.5 Å². The summed E-state index contributed by atoms with van der Waals surface area (Å²) in [7, 11) is 1.84. The highest BCUT2D eigenvalue weighted by molar-refractivity contribution is 5.75. The molecular weight excluding hydrogens is 356 g/mol. The van der Waals surface area contributed by atoms with Gasteiger partial charge in [0.15, 0.2) is 5.82 Å². The third-order valence-corrected chi connectivity index (χ3v) is 5.71. The van der Waals surface area contributed by atoms with Gasteiger partial charge < -0.3 is 4.90 Å². The minimum Gasteiger partial charge on any atom is -0.341 e. The van der Waals surface area contributed by atoms with E-state index in [-0.39, 0.29) is 5.91 Å². The Morgan fingerprint density at radius 3 is 2.71 bits per heavy atom. The molecule has 0 spiro atoms. The fourth-order valence-corrected chi connectivity index (χ4v) is 3.63. The van der Waals surface area contributed by atoms with Gasteiger partial charge in [0.2, 0.25) is 5.91 Å². The second-order valence-electron chi connectivity index (χ2n) is 8.04. The number of H-pyrrole nitrogens is 1. The van der Waals surface area contributed by atoms with E-state index in [0.717, 1.165) is 54.7 Å². The monoisotopic (exact) mass is 388 g/mol.